The minimum absolute atomic E-state index is 0.0406. The Labute approximate surface area is 145 Å². The highest BCUT2D eigenvalue weighted by molar-refractivity contribution is 7.12. The number of nitrogens with zero attached hydrogens (tertiary/aromatic N) is 1. The zero-order valence-electron chi connectivity index (χ0n) is 12.6. The molecule has 0 radical (unpaired) electrons. The van der Waals surface area contributed by atoms with Crippen molar-refractivity contribution in [1.29, 1.82) is 5.26 Å². The first-order chi connectivity index (χ1) is 11.0. The number of halogens is 4. The maximum atomic E-state index is 13.8. The topological polar surface area (TPSA) is 64.2 Å². The van der Waals surface area contributed by atoms with E-state index in [-0.39, 0.29) is 26.1 Å². The molecular weight excluding hydrogens is 363 g/mol. The van der Waals surface area contributed by atoms with Gasteiger partial charge < -0.3 is 10.2 Å². The summed E-state index contributed by atoms with van der Waals surface area (Å²) < 4.78 is 41.3. The first-order valence-corrected chi connectivity index (χ1v) is 8.00. The summed E-state index contributed by atoms with van der Waals surface area (Å²) >= 11 is 6.55. The zero-order valence-corrected chi connectivity index (χ0v) is 14.2. The average molecular weight is 376 g/mol. The van der Waals surface area contributed by atoms with Gasteiger partial charge in [0.05, 0.1) is 0 Å². The third-order valence-corrected chi connectivity index (χ3v) is 5.50. The Hall–Kier alpha value is -1.75. The Balaban J connectivity index is 2.65. The first-order valence-electron chi connectivity index (χ1n) is 6.81. The van der Waals surface area contributed by atoms with Crippen LogP contribution in [0, 0.1) is 18.3 Å². The van der Waals surface area contributed by atoms with Gasteiger partial charge in [-0.25, -0.2) is 0 Å². The van der Waals surface area contributed by atoms with Crippen molar-refractivity contribution in [3.05, 3.63) is 50.2 Å². The number of hydrogen-bond acceptors (Lipinski definition) is 4. The number of aryl methyl sites for hydroxylation is 1. The molecule has 0 aliphatic carbocycles. The van der Waals surface area contributed by atoms with Gasteiger partial charge in [-0.2, -0.15) is 18.4 Å². The predicted octanol–water partition coefficient (Wildman–Crippen LogP) is 4.84. The standard InChI is InChI=1S/C16H13ClF3NO2S/c1-8-5-14(24-13(8)7-21)15(23,16(18,19)20)9(2)11-4-3-10(22)6-12(11)17/h3-6,9,22-23H,1-2H3/t9-,15+/m1/s1. The van der Waals surface area contributed by atoms with Gasteiger partial charge in [0.25, 0.3) is 0 Å². The van der Waals surface area contributed by atoms with E-state index in [1.54, 1.807) is 0 Å². The summed E-state index contributed by atoms with van der Waals surface area (Å²) in [4.78, 5) is -0.266. The average Bonchev–Trinajstić information content (AvgIpc) is 2.86. The van der Waals surface area contributed by atoms with Gasteiger partial charge in [0.1, 0.15) is 16.7 Å². The second-order valence-electron chi connectivity index (χ2n) is 5.43. The van der Waals surface area contributed by atoms with E-state index in [0.29, 0.717) is 16.9 Å². The van der Waals surface area contributed by atoms with Crippen LogP contribution in [-0.4, -0.2) is 16.4 Å². The molecule has 0 bridgehead atoms. The molecule has 0 amide bonds. The molecule has 2 aromatic rings. The van der Waals surface area contributed by atoms with Gasteiger partial charge in [-0.3, -0.25) is 0 Å². The van der Waals surface area contributed by atoms with Gasteiger partial charge in [0.2, 0.25) is 5.60 Å². The Morgan fingerprint density at radius 1 is 1.29 bits per heavy atom. The van der Waals surface area contributed by atoms with E-state index in [1.807, 2.05) is 6.07 Å². The van der Waals surface area contributed by atoms with Crippen molar-refractivity contribution in [3.63, 3.8) is 0 Å². The van der Waals surface area contributed by atoms with Crippen LogP contribution in [0.2, 0.25) is 5.02 Å². The van der Waals surface area contributed by atoms with E-state index in [9.17, 15) is 23.4 Å². The maximum absolute atomic E-state index is 13.8. The highest BCUT2D eigenvalue weighted by atomic mass is 35.5. The summed E-state index contributed by atoms with van der Waals surface area (Å²) in [6.45, 7) is 2.71. The number of aromatic hydroxyl groups is 1. The third-order valence-electron chi connectivity index (χ3n) is 3.90. The van der Waals surface area contributed by atoms with Crippen molar-refractivity contribution in [3.8, 4) is 11.8 Å². The fraction of sp³-hybridized carbons (Fsp3) is 0.312. The lowest BCUT2D eigenvalue weighted by Crippen LogP contribution is -2.46. The molecule has 2 N–H and O–H groups in total. The van der Waals surface area contributed by atoms with E-state index in [0.717, 1.165) is 6.07 Å². The number of nitriles is 1. The normalized spacial score (nSPS) is 15.6. The monoisotopic (exact) mass is 375 g/mol. The molecule has 0 aliphatic heterocycles. The van der Waals surface area contributed by atoms with E-state index in [1.165, 1.54) is 32.0 Å². The molecule has 3 nitrogen and oxygen atoms in total. The number of aliphatic hydroxyl groups is 1. The number of thiophene rings is 1. The first kappa shape index (κ1) is 18.6. The highest BCUT2D eigenvalue weighted by Gasteiger charge is 2.60. The van der Waals surface area contributed by atoms with Crippen LogP contribution < -0.4 is 0 Å². The minimum Gasteiger partial charge on any atom is -0.508 e. The molecule has 0 spiro atoms. The molecule has 0 saturated carbocycles. The number of benzene rings is 1. The molecule has 0 unspecified atom stereocenters. The minimum atomic E-state index is -4.99. The number of hydrogen-bond donors (Lipinski definition) is 2. The lowest BCUT2D eigenvalue weighted by molar-refractivity contribution is -0.273. The summed E-state index contributed by atoms with van der Waals surface area (Å²) in [6, 6.07) is 6.55. The smallest absolute Gasteiger partial charge is 0.422 e. The summed E-state index contributed by atoms with van der Waals surface area (Å²) in [5.74, 6) is -1.64. The van der Waals surface area contributed by atoms with E-state index >= 15 is 0 Å². The van der Waals surface area contributed by atoms with Gasteiger partial charge >= 0.3 is 6.18 Å². The molecule has 1 aromatic carbocycles. The second-order valence-corrected chi connectivity index (χ2v) is 6.89. The molecule has 0 fully saturated rings. The van der Waals surface area contributed by atoms with Crippen molar-refractivity contribution >= 4 is 22.9 Å². The van der Waals surface area contributed by atoms with Gasteiger partial charge in [0.15, 0.2) is 0 Å². The van der Waals surface area contributed by atoms with Crippen LogP contribution in [0.3, 0.4) is 0 Å². The quantitative estimate of drug-likeness (QED) is 0.806. The Kier molecular flexibility index (Phi) is 4.86. The second kappa shape index (κ2) is 6.28. The molecule has 24 heavy (non-hydrogen) atoms. The fourth-order valence-corrected chi connectivity index (χ4v) is 3.98. The van der Waals surface area contributed by atoms with E-state index < -0.39 is 17.7 Å². The van der Waals surface area contributed by atoms with E-state index in [4.69, 9.17) is 16.9 Å². The van der Waals surface area contributed by atoms with Crippen molar-refractivity contribution in [2.45, 2.75) is 31.5 Å². The van der Waals surface area contributed by atoms with Gasteiger partial charge in [-0.05, 0) is 36.2 Å². The maximum Gasteiger partial charge on any atom is 0.422 e. The van der Waals surface area contributed by atoms with Crippen LogP contribution in [0.1, 0.15) is 33.7 Å². The Morgan fingerprint density at radius 2 is 1.92 bits per heavy atom. The third kappa shape index (κ3) is 2.97. The summed E-state index contributed by atoms with van der Waals surface area (Å²) in [7, 11) is 0. The predicted molar refractivity (Wildman–Crippen MR) is 85.3 cm³/mol. The Morgan fingerprint density at radius 3 is 2.38 bits per heavy atom. The highest BCUT2D eigenvalue weighted by Crippen LogP contribution is 2.52. The molecule has 2 rings (SSSR count). The van der Waals surface area contributed by atoms with Gasteiger partial charge in [-0.15, -0.1) is 11.3 Å². The number of phenols is 1. The zero-order chi connectivity index (χ0) is 18.3. The van der Waals surface area contributed by atoms with Crippen molar-refractivity contribution < 1.29 is 23.4 Å². The van der Waals surface area contributed by atoms with Gasteiger partial charge in [-0.1, -0.05) is 24.6 Å². The van der Waals surface area contributed by atoms with Crippen LogP contribution in [0.25, 0.3) is 0 Å². The molecule has 1 aromatic heterocycles. The number of phenolic OH excluding ortho intramolecular Hbond substituents is 1. The molecule has 8 heteroatoms. The summed E-state index contributed by atoms with van der Waals surface area (Å²) in [5, 5.41) is 28.9. The Bertz CT molecular complexity index is 813. The SMILES string of the molecule is Cc1cc([C@@](O)([C@H](C)c2ccc(O)cc2Cl)C(F)(F)F)sc1C#N. The van der Waals surface area contributed by atoms with Crippen LogP contribution in [-0.2, 0) is 5.60 Å². The largest absolute Gasteiger partial charge is 0.508 e. The summed E-state index contributed by atoms with van der Waals surface area (Å²) in [6.07, 6.45) is -4.99. The number of rotatable bonds is 3. The van der Waals surface area contributed by atoms with Gasteiger partial charge in [0, 0.05) is 15.8 Å². The molecule has 1 heterocycles. The lowest BCUT2D eigenvalue weighted by Gasteiger charge is -2.35. The van der Waals surface area contributed by atoms with Crippen LogP contribution in [0.5, 0.6) is 5.75 Å². The van der Waals surface area contributed by atoms with Crippen LogP contribution in [0.4, 0.5) is 13.2 Å². The van der Waals surface area contributed by atoms with Crippen molar-refractivity contribution in [2.24, 2.45) is 0 Å². The molecule has 0 saturated heterocycles. The number of alkyl halides is 3. The van der Waals surface area contributed by atoms with Crippen molar-refractivity contribution in [1.82, 2.24) is 0 Å². The van der Waals surface area contributed by atoms with Crippen LogP contribution >= 0.6 is 22.9 Å². The molecule has 0 aliphatic rings. The molecule has 2 atom stereocenters. The molecular formula is C16H13ClF3NO2S. The fourth-order valence-electron chi connectivity index (χ4n) is 2.47. The molecule has 128 valence electrons. The van der Waals surface area contributed by atoms with Crippen molar-refractivity contribution in [2.75, 3.05) is 0 Å². The van der Waals surface area contributed by atoms with E-state index in [2.05, 4.69) is 0 Å². The van der Waals surface area contributed by atoms with Crippen LogP contribution in [0.15, 0.2) is 24.3 Å². The lowest BCUT2D eigenvalue weighted by atomic mass is 9.81. The summed E-state index contributed by atoms with van der Waals surface area (Å²) in [5.41, 5.74) is -2.80.